The number of carbonyl (C=O) groups is 2. The van der Waals surface area contributed by atoms with Crippen molar-refractivity contribution in [1.29, 1.82) is 0 Å². The molecule has 184 valence electrons. The lowest BCUT2D eigenvalue weighted by Crippen LogP contribution is -2.52. The van der Waals surface area contributed by atoms with Crippen LogP contribution in [0.4, 0.5) is 4.39 Å². The molecule has 0 aliphatic rings. The average Bonchev–Trinajstić information content (AvgIpc) is 2.84. The summed E-state index contributed by atoms with van der Waals surface area (Å²) < 4.78 is 14.0. The molecule has 0 aromatic heterocycles. The number of halogens is 2. The Morgan fingerprint density at radius 1 is 0.943 bits per heavy atom. The molecule has 2 amide bonds. The largest absolute Gasteiger partial charge is 0.352 e. The minimum Gasteiger partial charge on any atom is -0.352 e. The molecule has 0 saturated carbocycles. The molecule has 0 radical (unpaired) electrons. The summed E-state index contributed by atoms with van der Waals surface area (Å²) in [5, 5.41) is 3.57. The Kier molecular flexibility index (Phi) is 10.2. The Labute approximate surface area is 215 Å². The van der Waals surface area contributed by atoms with Crippen molar-refractivity contribution in [3.63, 3.8) is 0 Å². The zero-order valence-corrected chi connectivity index (χ0v) is 21.5. The molecule has 7 heteroatoms. The van der Waals surface area contributed by atoms with Crippen molar-refractivity contribution >= 4 is 35.2 Å². The number of carbonyl (C=O) groups excluding carboxylic acids is 2. The smallest absolute Gasteiger partial charge is 0.243 e. The van der Waals surface area contributed by atoms with Crippen LogP contribution in [0.1, 0.15) is 30.5 Å². The summed E-state index contributed by atoms with van der Waals surface area (Å²) >= 11 is 7.38. The Bertz CT molecular complexity index is 1110. The topological polar surface area (TPSA) is 49.4 Å². The Hall–Kier alpha value is -2.83. The first-order valence-corrected chi connectivity index (χ1v) is 13.1. The second-order valence-electron chi connectivity index (χ2n) is 8.60. The number of amides is 2. The number of benzene rings is 3. The third-order valence-electron chi connectivity index (χ3n) is 5.41. The molecule has 3 aromatic rings. The SMILES string of the molecule is CC(C)NC(=O)C(Cc1ccccc1)N(Cc1ccc(Cl)cc1)C(=O)CSCc1ccccc1F. The van der Waals surface area contributed by atoms with Crippen LogP contribution in [0.5, 0.6) is 0 Å². The van der Waals surface area contributed by atoms with Gasteiger partial charge in [0, 0.05) is 29.8 Å². The number of nitrogens with zero attached hydrogens (tertiary/aromatic N) is 1. The van der Waals surface area contributed by atoms with E-state index in [1.165, 1.54) is 17.8 Å². The van der Waals surface area contributed by atoms with Crippen LogP contribution in [0.2, 0.25) is 5.02 Å². The second-order valence-corrected chi connectivity index (χ2v) is 10.0. The molecular weight excluding hydrogens is 483 g/mol. The molecule has 0 saturated heterocycles. The van der Waals surface area contributed by atoms with E-state index in [2.05, 4.69) is 5.32 Å². The summed E-state index contributed by atoms with van der Waals surface area (Å²) in [6.45, 7) is 4.06. The summed E-state index contributed by atoms with van der Waals surface area (Å²) in [4.78, 5) is 28.4. The van der Waals surface area contributed by atoms with Crippen molar-refractivity contribution in [2.45, 2.75) is 44.6 Å². The van der Waals surface area contributed by atoms with E-state index in [1.807, 2.05) is 56.3 Å². The lowest BCUT2D eigenvalue weighted by atomic mass is 10.0. The van der Waals surface area contributed by atoms with Gasteiger partial charge in [-0.15, -0.1) is 11.8 Å². The molecule has 0 aliphatic heterocycles. The Balaban J connectivity index is 1.84. The monoisotopic (exact) mass is 512 g/mol. The quantitative estimate of drug-likeness (QED) is 0.349. The van der Waals surface area contributed by atoms with Gasteiger partial charge in [0.15, 0.2) is 0 Å². The predicted octanol–water partition coefficient (Wildman–Crippen LogP) is 5.88. The molecule has 3 rings (SSSR count). The van der Waals surface area contributed by atoms with Gasteiger partial charge >= 0.3 is 0 Å². The number of hydrogen-bond acceptors (Lipinski definition) is 3. The fourth-order valence-electron chi connectivity index (χ4n) is 3.67. The summed E-state index contributed by atoms with van der Waals surface area (Å²) in [6.07, 6.45) is 0.386. The zero-order chi connectivity index (χ0) is 25.2. The maximum absolute atomic E-state index is 14.0. The third-order valence-corrected chi connectivity index (χ3v) is 6.63. The maximum atomic E-state index is 14.0. The highest BCUT2D eigenvalue weighted by Crippen LogP contribution is 2.20. The van der Waals surface area contributed by atoms with E-state index in [9.17, 15) is 14.0 Å². The molecule has 1 atom stereocenters. The minimum atomic E-state index is -0.697. The molecule has 0 aliphatic carbocycles. The van der Waals surface area contributed by atoms with Gasteiger partial charge in [-0.1, -0.05) is 72.3 Å². The number of thioether (sulfide) groups is 1. The van der Waals surface area contributed by atoms with E-state index in [0.717, 1.165) is 11.1 Å². The fourth-order valence-corrected chi connectivity index (χ4v) is 4.69. The molecule has 1 unspecified atom stereocenters. The summed E-state index contributed by atoms with van der Waals surface area (Å²) in [7, 11) is 0. The van der Waals surface area contributed by atoms with Crippen LogP contribution >= 0.6 is 23.4 Å². The van der Waals surface area contributed by atoms with E-state index < -0.39 is 6.04 Å². The Morgan fingerprint density at radius 2 is 1.60 bits per heavy atom. The summed E-state index contributed by atoms with van der Waals surface area (Å²) in [6, 6.07) is 22.7. The first kappa shape index (κ1) is 26.8. The van der Waals surface area contributed by atoms with E-state index in [-0.39, 0.29) is 36.0 Å². The molecule has 0 bridgehead atoms. The minimum absolute atomic E-state index is 0.0660. The molecule has 35 heavy (non-hydrogen) atoms. The standard InChI is InChI=1S/C28H30ClFN2O2S/c1-20(2)31-28(34)26(16-21-8-4-3-5-9-21)32(17-22-12-14-24(29)15-13-22)27(33)19-35-18-23-10-6-7-11-25(23)30/h3-15,20,26H,16-19H2,1-2H3,(H,31,34). The van der Waals surface area contributed by atoms with E-state index in [0.29, 0.717) is 22.8 Å². The van der Waals surface area contributed by atoms with Crippen LogP contribution in [-0.4, -0.2) is 34.6 Å². The van der Waals surface area contributed by atoms with Crippen molar-refractivity contribution in [2.24, 2.45) is 0 Å². The molecule has 4 nitrogen and oxygen atoms in total. The third kappa shape index (κ3) is 8.41. The number of nitrogens with one attached hydrogen (secondary N) is 1. The van der Waals surface area contributed by atoms with E-state index >= 15 is 0 Å². The zero-order valence-electron chi connectivity index (χ0n) is 19.9. The molecule has 0 heterocycles. The van der Waals surface area contributed by atoms with Crippen molar-refractivity contribution in [1.82, 2.24) is 10.2 Å². The van der Waals surface area contributed by atoms with E-state index in [4.69, 9.17) is 11.6 Å². The molecular formula is C28H30ClFN2O2S. The van der Waals surface area contributed by atoms with Gasteiger partial charge in [-0.3, -0.25) is 9.59 Å². The first-order chi connectivity index (χ1) is 16.8. The lowest BCUT2D eigenvalue weighted by molar-refractivity contribution is -0.139. The predicted molar refractivity (Wildman–Crippen MR) is 142 cm³/mol. The van der Waals surface area contributed by atoms with Gasteiger partial charge in [0.05, 0.1) is 5.75 Å². The molecule has 0 spiro atoms. The van der Waals surface area contributed by atoms with Crippen LogP contribution in [0.3, 0.4) is 0 Å². The van der Waals surface area contributed by atoms with Crippen molar-refractivity contribution in [2.75, 3.05) is 5.75 Å². The van der Waals surface area contributed by atoms with Gasteiger partial charge in [-0.25, -0.2) is 4.39 Å². The van der Waals surface area contributed by atoms with Gasteiger partial charge < -0.3 is 10.2 Å². The van der Waals surface area contributed by atoms with Gasteiger partial charge in [-0.05, 0) is 48.7 Å². The molecule has 1 N–H and O–H groups in total. The van der Waals surface area contributed by atoms with Gasteiger partial charge in [0.2, 0.25) is 11.8 Å². The lowest BCUT2D eigenvalue weighted by Gasteiger charge is -2.32. The fraction of sp³-hybridized carbons (Fsp3) is 0.286. The van der Waals surface area contributed by atoms with Crippen molar-refractivity contribution in [3.05, 3.63) is 106 Å². The van der Waals surface area contributed by atoms with Crippen LogP contribution in [0.25, 0.3) is 0 Å². The Morgan fingerprint density at radius 3 is 2.26 bits per heavy atom. The number of rotatable bonds is 11. The highest BCUT2D eigenvalue weighted by Gasteiger charge is 2.30. The molecule has 3 aromatic carbocycles. The van der Waals surface area contributed by atoms with Crippen molar-refractivity contribution in [3.8, 4) is 0 Å². The normalized spacial score (nSPS) is 11.8. The van der Waals surface area contributed by atoms with Crippen LogP contribution in [-0.2, 0) is 28.3 Å². The summed E-state index contributed by atoms with van der Waals surface area (Å²) in [5.74, 6) is -0.174. The second kappa shape index (κ2) is 13.3. The highest BCUT2D eigenvalue weighted by atomic mass is 35.5. The highest BCUT2D eigenvalue weighted by molar-refractivity contribution is 7.99. The van der Waals surface area contributed by atoms with Gasteiger partial charge in [0.1, 0.15) is 11.9 Å². The van der Waals surface area contributed by atoms with Crippen LogP contribution in [0, 0.1) is 5.82 Å². The number of hydrogen-bond donors (Lipinski definition) is 1. The van der Waals surface area contributed by atoms with Crippen LogP contribution in [0.15, 0.2) is 78.9 Å². The average molecular weight is 513 g/mol. The summed E-state index contributed by atoms with van der Waals surface area (Å²) in [5.41, 5.74) is 2.38. The first-order valence-electron chi connectivity index (χ1n) is 11.5. The molecule has 0 fully saturated rings. The van der Waals surface area contributed by atoms with E-state index in [1.54, 1.807) is 35.2 Å². The van der Waals surface area contributed by atoms with Crippen LogP contribution < -0.4 is 5.32 Å². The van der Waals surface area contributed by atoms with Gasteiger partial charge in [-0.2, -0.15) is 0 Å². The maximum Gasteiger partial charge on any atom is 0.243 e. The van der Waals surface area contributed by atoms with Gasteiger partial charge in [0.25, 0.3) is 0 Å². The van der Waals surface area contributed by atoms with Crippen molar-refractivity contribution < 1.29 is 14.0 Å².